The average Bonchev–Trinajstić information content (AvgIpc) is 3.10. The van der Waals surface area contributed by atoms with Crippen LogP contribution in [0.25, 0.3) is 11.3 Å². The topological polar surface area (TPSA) is 45.2 Å². The summed E-state index contributed by atoms with van der Waals surface area (Å²) in [4.78, 5) is 19.1. The molecule has 1 aromatic heterocycles. The summed E-state index contributed by atoms with van der Waals surface area (Å²) >= 11 is 1.58. The van der Waals surface area contributed by atoms with E-state index in [4.69, 9.17) is 0 Å². The van der Waals surface area contributed by atoms with Gasteiger partial charge in [-0.1, -0.05) is 19.1 Å². The van der Waals surface area contributed by atoms with Gasteiger partial charge in [0, 0.05) is 22.5 Å². The van der Waals surface area contributed by atoms with Crippen molar-refractivity contribution in [3.8, 4) is 11.3 Å². The Morgan fingerprint density at radius 3 is 2.91 bits per heavy atom. The Balaban J connectivity index is 1.63. The Hall–Kier alpha value is -1.72. The molecule has 0 unspecified atom stereocenters. The number of nitrogens with one attached hydrogen (secondary N) is 1. The molecule has 2 aromatic rings. The van der Waals surface area contributed by atoms with Crippen molar-refractivity contribution in [3.05, 3.63) is 35.2 Å². The highest BCUT2D eigenvalue weighted by Gasteiger charge is 2.24. The van der Waals surface area contributed by atoms with Crippen LogP contribution in [0.15, 0.2) is 35.2 Å². The normalized spacial score (nSPS) is 16.6. The Morgan fingerprint density at radius 1 is 1.41 bits per heavy atom. The number of likely N-dealkylation sites (tertiary alicyclic amines) is 1. The lowest BCUT2D eigenvalue weighted by molar-refractivity contribution is -0.121. The van der Waals surface area contributed by atoms with Crippen molar-refractivity contribution in [2.24, 2.45) is 5.92 Å². The number of hydrogen-bond acceptors (Lipinski definition) is 4. The van der Waals surface area contributed by atoms with E-state index in [2.05, 4.69) is 22.1 Å². The van der Waals surface area contributed by atoms with Crippen LogP contribution in [0.3, 0.4) is 0 Å². The van der Waals surface area contributed by atoms with Gasteiger partial charge >= 0.3 is 0 Å². The molecular weight excluding hydrogens is 294 g/mol. The number of rotatable bonds is 4. The summed E-state index contributed by atoms with van der Waals surface area (Å²) < 4.78 is 0. The molecule has 5 heteroatoms. The van der Waals surface area contributed by atoms with Crippen molar-refractivity contribution in [1.82, 2.24) is 9.88 Å². The van der Waals surface area contributed by atoms with Crippen LogP contribution in [0.4, 0.5) is 5.69 Å². The lowest BCUT2D eigenvalue weighted by Crippen LogP contribution is -2.37. The van der Waals surface area contributed by atoms with Gasteiger partial charge in [0.1, 0.15) is 0 Å². The van der Waals surface area contributed by atoms with Gasteiger partial charge < -0.3 is 10.2 Å². The molecular formula is C17H21N3OS. The third-order valence-corrected chi connectivity index (χ3v) is 4.85. The first-order valence-electron chi connectivity index (χ1n) is 7.78. The zero-order valence-corrected chi connectivity index (χ0v) is 13.6. The van der Waals surface area contributed by atoms with Gasteiger partial charge in [0.05, 0.1) is 11.2 Å². The molecule has 0 spiro atoms. The first kappa shape index (κ1) is 15.2. The molecule has 116 valence electrons. The minimum absolute atomic E-state index is 0.130. The van der Waals surface area contributed by atoms with Gasteiger partial charge in [-0.3, -0.25) is 4.79 Å². The van der Waals surface area contributed by atoms with Crippen molar-refractivity contribution in [2.45, 2.75) is 19.8 Å². The molecule has 1 aliphatic heterocycles. The molecule has 1 N–H and O–H groups in total. The summed E-state index contributed by atoms with van der Waals surface area (Å²) in [6.07, 6.45) is 1.90. The van der Waals surface area contributed by atoms with Crippen LogP contribution in [-0.2, 0) is 4.79 Å². The third-order valence-electron chi connectivity index (χ3n) is 4.26. The highest BCUT2D eigenvalue weighted by atomic mass is 32.1. The van der Waals surface area contributed by atoms with E-state index in [1.807, 2.05) is 35.2 Å². The van der Waals surface area contributed by atoms with Crippen molar-refractivity contribution >= 4 is 22.9 Å². The second-order valence-corrected chi connectivity index (χ2v) is 6.37. The number of thiazole rings is 1. The van der Waals surface area contributed by atoms with Crippen LogP contribution in [0.2, 0.25) is 0 Å². The number of carbonyl (C=O) groups excluding carboxylic acids is 1. The maximum Gasteiger partial charge on any atom is 0.227 e. The minimum atomic E-state index is 0.130. The summed E-state index contributed by atoms with van der Waals surface area (Å²) in [5.74, 6) is 0.275. The summed E-state index contributed by atoms with van der Waals surface area (Å²) in [7, 11) is 0. The Labute approximate surface area is 135 Å². The van der Waals surface area contributed by atoms with Crippen molar-refractivity contribution in [3.63, 3.8) is 0 Å². The SMILES string of the molecule is CCN1CCC(C(=O)Nc2cccc(-c3cscn3)c2)CC1. The standard InChI is InChI=1S/C17H21N3OS/c1-2-20-8-6-13(7-9-20)17(21)19-15-5-3-4-14(10-15)16-11-22-12-18-16/h3-5,10-13H,2,6-9H2,1H3,(H,19,21). The van der Waals surface area contributed by atoms with E-state index in [1.165, 1.54) is 0 Å². The zero-order valence-electron chi connectivity index (χ0n) is 12.8. The fourth-order valence-corrected chi connectivity index (χ4v) is 3.43. The Morgan fingerprint density at radius 2 is 2.23 bits per heavy atom. The van der Waals surface area contributed by atoms with E-state index >= 15 is 0 Å². The number of anilines is 1. The molecule has 0 radical (unpaired) electrons. The average molecular weight is 315 g/mol. The molecule has 22 heavy (non-hydrogen) atoms. The van der Waals surface area contributed by atoms with Crippen LogP contribution < -0.4 is 5.32 Å². The lowest BCUT2D eigenvalue weighted by Gasteiger charge is -2.30. The quantitative estimate of drug-likeness (QED) is 0.939. The maximum atomic E-state index is 12.4. The second-order valence-electron chi connectivity index (χ2n) is 5.65. The molecule has 3 rings (SSSR count). The fraction of sp³-hybridized carbons (Fsp3) is 0.412. The van der Waals surface area contributed by atoms with Gasteiger partial charge in [0.2, 0.25) is 5.91 Å². The summed E-state index contributed by atoms with van der Waals surface area (Å²) in [5.41, 5.74) is 4.67. The van der Waals surface area contributed by atoms with Crippen molar-refractivity contribution < 1.29 is 4.79 Å². The number of hydrogen-bond donors (Lipinski definition) is 1. The van der Waals surface area contributed by atoms with Crippen LogP contribution in [0.5, 0.6) is 0 Å². The maximum absolute atomic E-state index is 12.4. The highest BCUT2D eigenvalue weighted by Crippen LogP contribution is 2.24. The monoisotopic (exact) mass is 315 g/mol. The predicted molar refractivity (Wildman–Crippen MR) is 91.0 cm³/mol. The highest BCUT2D eigenvalue weighted by molar-refractivity contribution is 7.07. The van der Waals surface area contributed by atoms with E-state index in [-0.39, 0.29) is 11.8 Å². The Kier molecular flexibility index (Phi) is 4.85. The molecule has 1 amide bonds. The molecule has 1 fully saturated rings. The van der Waals surface area contributed by atoms with Crippen LogP contribution >= 0.6 is 11.3 Å². The second kappa shape index (κ2) is 7.03. The van der Waals surface area contributed by atoms with E-state index < -0.39 is 0 Å². The van der Waals surface area contributed by atoms with Gasteiger partial charge in [0.25, 0.3) is 0 Å². The number of amides is 1. The van der Waals surface area contributed by atoms with E-state index in [0.717, 1.165) is 49.4 Å². The summed E-state index contributed by atoms with van der Waals surface area (Å²) in [5, 5.41) is 5.08. The largest absolute Gasteiger partial charge is 0.326 e. The van der Waals surface area contributed by atoms with Crippen molar-refractivity contribution in [1.29, 1.82) is 0 Å². The molecule has 2 heterocycles. The first-order valence-corrected chi connectivity index (χ1v) is 8.72. The summed E-state index contributed by atoms with van der Waals surface area (Å²) in [6, 6.07) is 7.91. The molecule has 4 nitrogen and oxygen atoms in total. The van der Waals surface area contributed by atoms with Crippen LogP contribution in [0, 0.1) is 5.92 Å². The fourth-order valence-electron chi connectivity index (χ4n) is 2.87. The zero-order chi connectivity index (χ0) is 15.4. The molecule has 1 aliphatic rings. The van der Waals surface area contributed by atoms with Crippen LogP contribution in [0.1, 0.15) is 19.8 Å². The van der Waals surface area contributed by atoms with Crippen LogP contribution in [-0.4, -0.2) is 35.4 Å². The number of piperidine rings is 1. The van der Waals surface area contributed by atoms with E-state index in [1.54, 1.807) is 11.3 Å². The van der Waals surface area contributed by atoms with Gasteiger partial charge in [-0.25, -0.2) is 4.98 Å². The van der Waals surface area contributed by atoms with Gasteiger partial charge in [-0.2, -0.15) is 0 Å². The summed E-state index contributed by atoms with van der Waals surface area (Å²) in [6.45, 7) is 5.29. The molecule has 0 atom stereocenters. The molecule has 0 bridgehead atoms. The van der Waals surface area contributed by atoms with Crippen molar-refractivity contribution in [2.75, 3.05) is 25.0 Å². The number of carbonyl (C=O) groups is 1. The Bertz CT molecular complexity index is 619. The minimum Gasteiger partial charge on any atom is -0.326 e. The molecule has 0 aliphatic carbocycles. The molecule has 1 aromatic carbocycles. The lowest BCUT2D eigenvalue weighted by atomic mass is 9.96. The molecule has 0 saturated carbocycles. The molecule has 1 saturated heterocycles. The van der Waals surface area contributed by atoms with E-state index in [0.29, 0.717) is 0 Å². The third kappa shape index (κ3) is 3.54. The number of benzene rings is 1. The van der Waals surface area contributed by atoms with Gasteiger partial charge in [-0.15, -0.1) is 11.3 Å². The number of aromatic nitrogens is 1. The number of nitrogens with zero attached hydrogens (tertiary/aromatic N) is 2. The smallest absolute Gasteiger partial charge is 0.227 e. The van der Waals surface area contributed by atoms with Gasteiger partial charge in [0.15, 0.2) is 0 Å². The van der Waals surface area contributed by atoms with E-state index in [9.17, 15) is 4.79 Å². The van der Waals surface area contributed by atoms with Gasteiger partial charge in [-0.05, 0) is 44.6 Å². The first-order chi connectivity index (χ1) is 10.8. The predicted octanol–water partition coefficient (Wildman–Crippen LogP) is 3.48.